The number of imidazole rings is 1. The van der Waals surface area contributed by atoms with Gasteiger partial charge in [0.1, 0.15) is 0 Å². The quantitative estimate of drug-likeness (QED) is 0.800. The molecule has 0 saturated carbocycles. The summed E-state index contributed by atoms with van der Waals surface area (Å²) in [7, 11) is 0. The SMILES string of the molecule is CC(NCC1COC(C)(C)O1)c1ccc2[nH]c(=O)[nH]c2c1. The number of hydrogen-bond donors (Lipinski definition) is 3. The molecule has 1 fully saturated rings. The van der Waals surface area contributed by atoms with Crippen molar-refractivity contribution < 1.29 is 9.47 Å². The molecule has 2 aromatic rings. The van der Waals surface area contributed by atoms with Crippen LogP contribution >= 0.6 is 0 Å². The molecule has 6 heteroatoms. The predicted octanol–water partition coefficient (Wildman–Crippen LogP) is 1.66. The normalized spacial score (nSPS) is 22.7. The highest BCUT2D eigenvalue weighted by Gasteiger charge is 2.32. The van der Waals surface area contributed by atoms with Crippen LogP contribution in [0.2, 0.25) is 0 Å². The van der Waals surface area contributed by atoms with Gasteiger partial charge in [0.05, 0.1) is 23.7 Å². The van der Waals surface area contributed by atoms with Crippen molar-refractivity contribution in [3.63, 3.8) is 0 Å². The third kappa shape index (κ3) is 3.18. The molecule has 114 valence electrons. The Hall–Kier alpha value is -1.63. The molecule has 21 heavy (non-hydrogen) atoms. The summed E-state index contributed by atoms with van der Waals surface area (Å²) in [4.78, 5) is 16.8. The van der Waals surface area contributed by atoms with Gasteiger partial charge in [-0.25, -0.2) is 4.79 Å². The number of rotatable bonds is 4. The molecule has 2 unspecified atom stereocenters. The molecule has 3 N–H and O–H groups in total. The molecule has 2 heterocycles. The van der Waals surface area contributed by atoms with E-state index in [0.717, 1.165) is 23.1 Å². The van der Waals surface area contributed by atoms with Gasteiger partial charge in [-0.1, -0.05) is 6.07 Å². The molecule has 0 amide bonds. The maximum Gasteiger partial charge on any atom is 0.323 e. The van der Waals surface area contributed by atoms with Crippen LogP contribution in [0.4, 0.5) is 0 Å². The third-order valence-corrected chi connectivity index (χ3v) is 3.76. The van der Waals surface area contributed by atoms with Crippen molar-refractivity contribution in [3.8, 4) is 0 Å². The van der Waals surface area contributed by atoms with Gasteiger partial charge in [0.2, 0.25) is 0 Å². The van der Waals surface area contributed by atoms with E-state index in [9.17, 15) is 4.79 Å². The number of hydrogen-bond acceptors (Lipinski definition) is 4. The largest absolute Gasteiger partial charge is 0.348 e. The lowest BCUT2D eigenvalue weighted by atomic mass is 10.1. The topological polar surface area (TPSA) is 79.1 Å². The van der Waals surface area contributed by atoms with E-state index in [-0.39, 0.29) is 17.8 Å². The molecule has 0 aliphatic carbocycles. The number of aromatic nitrogens is 2. The summed E-state index contributed by atoms with van der Waals surface area (Å²) in [5.74, 6) is -0.487. The second kappa shape index (κ2) is 5.29. The first-order chi connectivity index (χ1) is 9.93. The second-order valence-corrected chi connectivity index (χ2v) is 5.96. The first kappa shape index (κ1) is 14.3. The fourth-order valence-electron chi connectivity index (χ4n) is 2.61. The van der Waals surface area contributed by atoms with Gasteiger partial charge < -0.3 is 24.8 Å². The van der Waals surface area contributed by atoms with Crippen molar-refractivity contribution in [1.82, 2.24) is 15.3 Å². The number of nitrogens with one attached hydrogen (secondary N) is 3. The lowest BCUT2D eigenvalue weighted by Crippen LogP contribution is -2.32. The Morgan fingerprint density at radius 3 is 2.86 bits per heavy atom. The Labute approximate surface area is 122 Å². The highest BCUT2D eigenvalue weighted by molar-refractivity contribution is 5.75. The van der Waals surface area contributed by atoms with Crippen LogP contribution in [0, 0.1) is 0 Å². The van der Waals surface area contributed by atoms with Crippen molar-refractivity contribution >= 4 is 11.0 Å². The lowest BCUT2D eigenvalue weighted by Gasteiger charge is -2.19. The fraction of sp³-hybridized carbons (Fsp3) is 0.533. The van der Waals surface area contributed by atoms with Crippen LogP contribution in [0.3, 0.4) is 0 Å². The van der Waals surface area contributed by atoms with Gasteiger partial charge in [0.25, 0.3) is 0 Å². The van der Waals surface area contributed by atoms with Crippen molar-refractivity contribution in [2.24, 2.45) is 0 Å². The van der Waals surface area contributed by atoms with Crippen molar-refractivity contribution in [2.45, 2.75) is 38.7 Å². The summed E-state index contributed by atoms with van der Waals surface area (Å²) in [6, 6.07) is 6.08. The molecular formula is C15H21N3O3. The molecule has 3 rings (SSSR count). The van der Waals surface area contributed by atoms with Crippen LogP contribution in [0.1, 0.15) is 32.4 Å². The third-order valence-electron chi connectivity index (χ3n) is 3.76. The smallest absolute Gasteiger partial charge is 0.323 e. The molecule has 0 spiro atoms. The van der Waals surface area contributed by atoms with Crippen LogP contribution in [0.5, 0.6) is 0 Å². The minimum atomic E-state index is -0.487. The van der Waals surface area contributed by atoms with Gasteiger partial charge in [-0.3, -0.25) is 0 Å². The van der Waals surface area contributed by atoms with Gasteiger partial charge in [0.15, 0.2) is 5.79 Å². The summed E-state index contributed by atoms with van der Waals surface area (Å²) in [6.45, 7) is 7.27. The lowest BCUT2D eigenvalue weighted by molar-refractivity contribution is -0.137. The van der Waals surface area contributed by atoms with Crippen LogP contribution in [0.25, 0.3) is 11.0 Å². The van der Waals surface area contributed by atoms with E-state index in [2.05, 4.69) is 22.2 Å². The Morgan fingerprint density at radius 2 is 2.14 bits per heavy atom. The van der Waals surface area contributed by atoms with E-state index in [0.29, 0.717) is 6.61 Å². The van der Waals surface area contributed by atoms with Gasteiger partial charge in [-0.05, 0) is 38.5 Å². The van der Waals surface area contributed by atoms with Gasteiger partial charge >= 0.3 is 5.69 Å². The zero-order valence-corrected chi connectivity index (χ0v) is 12.5. The maximum atomic E-state index is 11.3. The van der Waals surface area contributed by atoms with Crippen LogP contribution in [0.15, 0.2) is 23.0 Å². The van der Waals surface area contributed by atoms with E-state index in [1.54, 1.807) is 0 Å². The summed E-state index contributed by atoms with van der Waals surface area (Å²) >= 11 is 0. The Bertz CT molecular complexity index is 689. The summed E-state index contributed by atoms with van der Waals surface area (Å²) in [6.07, 6.45) is 0.0678. The molecule has 2 atom stereocenters. The van der Waals surface area contributed by atoms with Crippen LogP contribution < -0.4 is 11.0 Å². The van der Waals surface area contributed by atoms with Crippen molar-refractivity contribution in [3.05, 3.63) is 34.2 Å². The van der Waals surface area contributed by atoms with E-state index in [1.165, 1.54) is 0 Å². The van der Waals surface area contributed by atoms with E-state index >= 15 is 0 Å². The Morgan fingerprint density at radius 1 is 1.38 bits per heavy atom. The van der Waals surface area contributed by atoms with Gasteiger partial charge in [0, 0.05) is 12.6 Å². The van der Waals surface area contributed by atoms with Crippen molar-refractivity contribution in [2.75, 3.05) is 13.2 Å². The van der Waals surface area contributed by atoms with E-state index in [1.807, 2.05) is 32.0 Å². The molecule has 1 aliphatic rings. The average molecular weight is 291 g/mol. The first-order valence-corrected chi connectivity index (χ1v) is 7.20. The highest BCUT2D eigenvalue weighted by Crippen LogP contribution is 2.23. The number of benzene rings is 1. The minimum Gasteiger partial charge on any atom is -0.348 e. The monoisotopic (exact) mass is 291 g/mol. The Kier molecular flexibility index (Phi) is 3.61. The predicted molar refractivity (Wildman–Crippen MR) is 80.2 cm³/mol. The summed E-state index contributed by atoms with van der Waals surface area (Å²) in [5.41, 5.74) is 2.59. The van der Waals surface area contributed by atoms with Crippen LogP contribution in [-0.4, -0.2) is 35.0 Å². The first-order valence-electron chi connectivity index (χ1n) is 7.20. The van der Waals surface area contributed by atoms with Gasteiger partial charge in [-0.15, -0.1) is 0 Å². The molecule has 0 bridgehead atoms. The summed E-state index contributed by atoms with van der Waals surface area (Å²) in [5, 5.41) is 3.44. The van der Waals surface area contributed by atoms with Crippen LogP contribution in [-0.2, 0) is 9.47 Å². The standard InChI is InChI=1S/C15H21N3O3/c1-9(16-7-11-8-20-15(2,3)21-11)10-4-5-12-13(6-10)18-14(19)17-12/h4-6,9,11,16H,7-8H2,1-3H3,(H2,17,18,19). The molecular weight excluding hydrogens is 270 g/mol. The number of ether oxygens (including phenoxy) is 2. The molecule has 6 nitrogen and oxygen atoms in total. The summed E-state index contributed by atoms with van der Waals surface area (Å²) < 4.78 is 11.3. The van der Waals surface area contributed by atoms with Crippen molar-refractivity contribution in [1.29, 1.82) is 0 Å². The van der Waals surface area contributed by atoms with E-state index < -0.39 is 5.79 Å². The maximum absolute atomic E-state index is 11.3. The molecule has 0 radical (unpaired) electrons. The number of fused-ring (bicyclic) bond motifs is 1. The second-order valence-electron chi connectivity index (χ2n) is 5.96. The zero-order chi connectivity index (χ0) is 15.0. The molecule has 1 aromatic carbocycles. The highest BCUT2D eigenvalue weighted by atomic mass is 16.7. The molecule has 1 aromatic heterocycles. The van der Waals surface area contributed by atoms with E-state index in [4.69, 9.17) is 9.47 Å². The van der Waals surface area contributed by atoms with Gasteiger partial charge in [-0.2, -0.15) is 0 Å². The Balaban J connectivity index is 1.64. The molecule has 1 aliphatic heterocycles. The fourth-order valence-corrected chi connectivity index (χ4v) is 2.61. The zero-order valence-electron chi connectivity index (χ0n) is 12.5. The minimum absolute atomic E-state index is 0.0678. The number of H-pyrrole nitrogens is 2. The average Bonchev–Trinajstić information content (AvgIpc) is 2.96. The molecule has 1 saturated heterocycles. The number of aromatic amines is 2.